The summed E-state index contributed by atoms with van der Waals surface area (Å²) < 4.78 is 0. The fourth-order valence-corrected chi connectivity index (χ4v) is 2.03. The first kappa shape index (κ1) is 14.9. The average molecular weight is 281 g/mol. The number of amides is 1. The van der Waals surface area contributed by atoms with Crippen molar-refractivity contribution in [3.05, 3.63) is 60.4 Å². The summed E-state index contributed by atoms with van der Waals surface area (Å²) in [5, 5.41) is 0. The summed E-state index contributed by atoms with van der Waals surface area (Å²) in [5.74, 6) is 0.221. The van der Waals surface area contributed by atoms with Gasteiger partial charge in [-0.15, -0.1) is 6.58 Å². The second kappa shape index (κ2) is 7.33. The maximum atomic E-state index is 11.0. The summed E-state index contributed by atoms with van der Waals surface area (Å²) in [6, 6.07) is 6.98. The molecule has 0 unspecified atom stereocenters. The molecule has 0 spiro atoms. The molecule has 2 aromatic rings. The lowest BCUT2D eigenvalue weighted by Crippen LogP contribution is -2.10. The maximum Gasteiger partial charge on any atom is 0.248 e. The van der Waals surface area contributed by atoms with Gasteiger partial charge >= 0.3 is 0 Å². The minimum absolute atomic E-state index is 0.433. The van der Waals surface area contributed by atoms with Gasteiger partial charge in [0.05, 0.1) is 0 Å². The third-order valence-electron chi connectivity index (χ3n) is 3.26. The number of hydrogen-bond acceptors (Lipinski definition) is 3. The Morgan fingerprint density at radius 3 is 2.38 bits per heavy atom. The van der Waals surface area contributed by atoms with E-state index in [1.807, 2.05) is 18.5 Å². The van der Waals surface area contributed by atoms with Gasteiger partial charge in [0.15, 0.2) is 5.82 Å². The number of benzene rings is 1. The number of nitrogens with two attached hydrogens (primary N) is 1. The molecule has 2 rings (SSSR count). The number of rotatable bonds is 7. The number of primary amides is 1. The minimum atomic E-state index is -0.433. The third kappa shape index (κ3) is 4.24. The smallest absolute Gasteiger partial charge is 0.248 e. The van der Waals surface area contributed by atoms with Gasteiger partial charge in [0.2, 0.25) is 5.91 Å². The number of unbranched alkanes of at least 4 members (excludes halogenated alkanes) is 2. The van der Waals surface area contributed by atoms with Crippen LogP contribution in [0.25, 0.3) is 11.4 Å². The van der Waals surface area contributed by atoms with Crippen molar-refractivity contribution in [3.8, 4) is 11.4 Å². The molecule has 108 valence electrons. The Labute approximate surface area is 124 Å². The number of aromatic nitrogens is 2. The van der Waals surface area contributed by atoms with E-state index in [1.54, 1.807) is 24.3 Å². The Morgan fingerprint density at radius 2 is 1.81 bits per heavy atom. The van der Waals surface area contributed by atoms with E-state index in [0.29, 0.717) is 11.4 Å². The van der Waals surface area contributed by atoms with E-state index in [-0.39, 0.29) is 0 Å². The van der Waals surface area contributed by atoms with Crippen molar-refractivity contribution in [1.29, 1.82) is 0 Å². The predicted molar refractivity (Wildman–Crippen MR) is 83.7 cm³/mol. The van der Waals surface area contributed by atoms with Crippen molar-refractivity contribution < 1.29 is 4.79 Å². The van der Waals surface area contributed by atoms with Crippen LogP contribution in [0.4, 0.5) is 0 Å². The molecule has 0 aliphatic rings. The molecule has 4 nitrogen and oxygen atoms in total. The Bertz CT molecular complexity index is 603. The zero-order valence-electron chi connectivity index (χ0n) is 12.0. The van der Waals surface area contributed by atoms with Gasteiger partial charge in [-0.05, 0) is 43.4 Å². The second-order valence-electron chi connectivity index (χ2n) is 4.89. The Balaban J connectivity index is 2.01. The molecule has 0 fully saturated rings. The van der Waals surface area contributed by atoms with Crippen LogP contribution >= 0.6 is 0 Å². The molecule has 0 aliphatic heterocycles. The normalized spacial score (nSPS) is 10.3. The van der Waals surface area contributed by atoms with E-state index in [0.717, 1.165) is 36.8 Å². The van der Waals surface area contributed by atoms with Gasteiger partial charge in [-0.25, -0.2) is 9.97 Å². The highest BCUT2D eigenvalue weighted by atomic mass is 16.1. The molecular formula is C17H19N3O. The van der Waals surface area contributed by atoms with E-state index in [9.17, 15) is 4.79 Å². The first-order valence-corrected chi connectivity index (χ1v) is 7.03. The highest BCUT2D eigenvalue weighted by Gasteiger charge is 2.04. The van der Waals surface area contributed by atoms with Gasteiger partial charge in [-0.3, -0.25) is 4.79 Å². The molecule has 0 bridgehead atoms. The van der Waals surface area contributed by atoms with Crippen LogP contribution in [0.15, 0.2) is 49.3 Å². The zero-order chi connectivity index (χ0) is 15.1. The van der Waals surface area contributed by atoms with Gasteiger partial charge in [0, 0.05) is 23.5 Å². The topological polar surface area (TPSA) is 68.9 Å². The third-order valence-corrected chi connectivity index (χ3v) is 3.26. The van der Waals surface area contributed by atoms with Crippen LogP contribution in [-0.4, -0.2) is 15.9 Å². The van der Waals surface area contributed by atoms with E-state index in [2.05, 4.69) is 16.5 Å². The van der Waals surface area contributed by atoms with Crippen molar-refractivity contribution in [1.82, 2.24) is 9.97 Å². The fourth-order valence-electron chi connectivity index (χ4n) is 2.03. The number of nitrogens with zero attached hydrogens (tertiary/aromatic N) is 2. The van der Waals surface area contributed by atoms with E-state index in [1.165, 1.54) is 0 Å². The highest BCUT2D eigenvalue weighted by molar-refractivity contribution is 5.93. The molecule has 0 aliphatic carbocycles. The molecular weight excluding hydrogens is 262 g/mol. The van der Waals surface area contributed by atoms with Crippen LogP contribution in [-0.2, 0) is 6.42 Å². The average Bonchev–Trinajstić information content (AvgIpc) is 2.52. The lowest BCUT2D eigenvalue weighted by molar-refractivity contribution is 0.100. The molecule has 0 saturated carbocycles. The monoisotopic (exact) mass is 281 g/mol. The van der Waals surface area contributed by atoms with Crippen LogP contribution in [0.5, 0.6) is 0 Å². The zero-order valence-corrected chi connectivity index (χ0v) is 12.0. The standard InChI is InChI=1S/C17H19N3O/c1-2-3-4-5-6-13-11-19-17(20-12-13)15-9-7-14(8-10-15)16(18)21/h2,7-12H,1,3-6H2,(H2,18,21). The van der Waals surface area contributed by atoms with Crippen molar-refractivity contribution in [3.63, 3.8) is 0 Å². The molecule has 2 N–H and O–H groups in total. The fraction of sp³-hybridized carbons (Fsp3) is 0.235. The summed E-state index contributed by atoms with van der Waals surface area (Å²) in [7, 11) is 0. The van der Waals surface area contributed by atoms with Crippen LogP contribution in [0.2, 0.25) is 0 Å². The minimum Gasteiger partial charge on any atom is -0.366 e. The molecule has 4 heteroatoms. The molecule has 0 radical (unpaired) electrons. The summed E-state index contributed by atoms with van der Waals surface area (Å²) in [6.45, 7) is 3.71. The Morgan fingerprint density at radius 1 is 1.14 bits per heavy atom. The van der Waals surface area contributed by atoms with Gasteiger partial charge in [0.25, 0.3) is 0 Å². The highest BCUT2D eigenvalue weighted by Crippen LogP contribution is 2.16. The van der Waals surface area contributed by atoms with Gasteiger partial charge in [-0.2, -0.15) is 0 Å². The van der Waals surface area contributed by atoms with Gasteiger partial charge in [-0.1, -0.05) is 18.2 Å². The first-order valence-electron chi connectivity index (χ1n) is 7.03. The van der Waals surface area contributed by atoms with Crippen LogP contribution in [0, 0.1) is 0 Å². The van der Waals surface area contributed by atoms with E-state index >= 15 is 0 Å². The number of aryl methyl sites for hydroxylation is 1. The number of allylic oxidation sites excluding steroid dienone is 1. The Kier molecular flexibility index (Phi) is 5.21. The molecule has 1 aromatic carbocycles. The molecule has 1 heterocycles. The van der Waals surface area contributed by atoms with Gasteiger partial charge < -0.3 is 5.73 Å². The van der Waals surface area contributed by atoms with E-state index in [4.69, 9.17) is 5.73 Å². The summed E-state index contributed by atoms with van der Waals surface area (Å²) >= 11 is 0. The summed E-state index contributed by atoms with van der Waals surface area (Å²) in [5.41, 5.74) is 7.71. The van der Waals surface area contributed by atoms with E-state index < -0.39 is 5.91 Å². The maximum absolute atomic E-state index is 11.0. The molecule has 0 atom stereocenters. The first-order chi connectivity index (χ1) is 10.2. The molecule has 1 amide bonds. The number of hydrogen-bond donors (Lipinski definition) is 1. The van der Waals surface area contributed by atoms with Crippen LogP contribution in [0.3, 0.4) is 0 Å². The SMILES string of the molecule is C=CCCCCc1cnc(-c2ccc(C(N)=O)cc2)nc1. The largest absolute Gasteiger partial charge is 0.366 e. The van der Waals surface area contributed by atoms with Crippen molar-refractivity contribution in [2.24, 2.45) is 5.73 Å². The van der Waals surface area contributed by atoms with Crippen molar-refractivity contribution in [2.45, 2.75) is 25.7 Å². The Hall–Kier alpha value is -2.49. The summed E-state index contributed by atoms with van der Waals surface area (Å²) in [6.07, 6.45) is 9.94. The van der Waals surface area contributed by atoms with Crippen LogP contribution in [0.1, 0.15) is 35.2 Å². The molecule has 21 heavy (non-hydrogen) atoms. The number of carbonyl (C=O) groups is 1. The lowest BCUT2D eigenvalue weighted by atomic mass is 10.1. The van der Waals surface area contributed by atoms with Gasteiger partial charge in [0.1, 0.15) is 0 Å². The molecule has 0 saturated heterocycles. The van der Waals surface area contributed by atoms with Crippen molar-refractivity contribution >= 4 is 5.91 Å². The quantitative estimate of drug-likeness (QED) is 0.626. The van der Waals surface area contributed by atoms with Crippen molar-refractivity contribution in [2.75, 3.05) is 0 Å². The lowest BCUT2D eigenvalue weighted by Gasteiger charge is -2.03. The second-order valence-corrected chi connectivity index (χ2v) is 4.89. The number of carbonyl (C=O) groups excluding carboxylic acids is 1. The molecule has 1 aromatic heterocycles. The van der Waals surface area contributed by atoms with Crippen LogP contribution < -0.4 is 5.73 Å². The predicted octanol–water partition coefficient (Wildman–Crippen LogP) is 3.14. The summed E-state index contributed by atoms with van der Waals surface area (Å²) in [4.78, 5) is 19.8.